The number of ether oxygens (including phenoxy) is 2. The Bertz CT molecular complexity index is 690. The van der Waals surface area contributed by atoms with Crippen LogP contribution in [-0.2, 0) is 13.1 Å². The Morgan fingerprint density at radius 3 is 2.88 bits per heavy atom. The summed E-state index contributed by atoms with van der Waals surface area (Å²) in [6, 6.07) is 5.90. The Morgan fingerprint density at radius 2 is 2.20 bits per heavy atom. The van der Waals surface area contributed by atoms with Crippen molar-refractivity contribution < 1.29 is 14.6 Å². The quantitative estimate of drug-likeness (QED) is 0.823. The average molecular weight is 346 g/mol. The molecule has 0 radical (unpaired) electrons. The maximum absolute atomic E-state index is 10.8. The number of nitrogens with zero attached hydrogens (tertiary/aromatic N) is 4. The highest BCUT2D eigenvalue weighted by Crippen LogP contribution is 2.30. The molecular formula is C18H26N4O3. The Kier molecular flexibility index (Phi) is 5.24. The molecule has 2 aromatic rings. The smallest absolute Gasteiger partial charge is 0.127 e. The van der Waals surface area contributed by atoms with E-state index in [2.05, 4.69) is 15.2 Å². The third-order valence-corrected chi connectivity index (χ3v) is 4.37. The Balaban J connectivity index is 1.68. The van der Waals surface area contributed by atoms with Crippen LogP contribution in [0.15, 0.2) is 30.6 Å². The van der Waals surface area contributed by atoms with Gasteiger partial charge in [-0.2, -0.15) is 0 Å². The standard InChI is InChI=1S/C18H26N4O3/c1-14(2)25-17-10-16(24-3)5-4-15(17)11-21-8-6-18(23,12-21)13-22-9-7-19-20-22/h4-5,7,9-10,14,23H,6,8,11-13H2,1-3H3. The zero-order valence-corrected chi connectivity index (χ0v) is 15.1. The van der Waals surface area contributed by atoms with Crippen LogP contribution in [0, 0.1) is 0 Å². The number of hydrogen-bond acceptors (Lipinski definition) is 6. The first-order valence-corrected chi connectivity index (χ1v) is 8.60. The molecule has 1 fully saturated rings. The Hall–Kier alpha value is -2.12. The van der Waals surface area contributed by atoms with Gasteiger partial charge >= 0.3 is 0 Å². The lowest BCUT2D eigenvalue weighted by Crippen LogP contribution is -2.37. The van der Waals surface area contributed by atoms with Gasteiger partial charge in [0.2, 0.25) is 0 Å². The molecule has 0 bridgehead atoms. The number of aromatic nitrogens is 3. The highest BCUT2D eigenvalue weighted by atomic mass is 16.5. The zero-order valence-electron chi connectivity index (χ0n) is 15.1. The number of hydrogen-bond donors (Lipinski definition) is 1. The highest BCUT2D eigenvalue weighted by Gasteiger charge is 2.36. The molecule has 1 aliphatic rings. The fourth-order valence-electron chi connectivity index (χ4n) is 3.22. The molecule has 25 heavy (non-hydrogen) atoms. The molecular weight excluding hydrogens is 320 g/mol. The van der Waals surface area contributed by atoms with Gasteiger partial charge in [-0.25, -0.2) is 4.68 Å². The van der Waals surface area contributed by atoms with Crippen molar-refractivity contribution in [3.05, 3.63) is 36.2 Å². The second-order valence-corrected chi connectivity index (χ2v) is 6.93. The van der Waals surface area contributed by atoms with Gasteiger partial charge in [-0.3, -0.25) is 4.90 Å². The van der Waals surface area contributed by atoms with Gasteiger partial charge in [-0.1, -0.05) is 11.3 Å². The van der Waals surface area contributed by atoms with Crippen molar-refractivity contribution in [3.8, 4) is 11.5 Å². The van der Waals surface area contributed by atoms with Crippen molar-refractivity contribution in [3.63, 3.8) is 0 Å². The fraction of sp³-hybridized carbons (Fsp3) is 0.556. The van der Waals surface area contributed by atoms with Gasteiger partial charge in [0.05, 0.1) is 31.6 Å². The van der Waals surface area contributed by atoms with Crippen molar-refractivity contribution in [2.45, 2.75) is 45.1 Å². The van der Waals surface area contributed by atoms with E-state index in [9.17, 15) is 5.11 Å². The van der Waals surface area contributed by atoms with E-state index < -0.39 is 5.60 Å². The predicted octanol–water partition coefficient (Wildman–Crippen LogP) is 1.71. The van der Waals surface area contributed by atoms with Crippen LogP contribution < -0.4 is 9.47 Å². The van der Waals surface area contributed by atoms with Crippen molar-refractivity contribution in [2.24, 2.45) is 0 Å². The molecule has 2 heterocycles. The number of benzene rings is 1. The minimum Gasteiger partial charge on any atom is -0.497 e. The first-order valence-electron chi connectivity index (χ1n) is 8.60. The molecule has 1 atom stereocenters. The lowest BCUT2D eigenvalue weighted by atomic mass is 10.0. The van der Waals surface area contributed by atoms with Gasteiger partial charge in [0.25, 0.3) is 0 Å². The van der Waals surface area contributed by atoms with Crippen molar-refractivity contribution in [2.75, 3.05) is 20.2 Å². The normalized spacial score (nSPS) is 21.0. The van der Waals surface area contributed by atoms with Crippen LogP contribution in [0.1, 0.15) is 25.8 Å². The maximum atomic E-state index is 10.8. The third-order valence-electron chi connectivity index (χ3n) is 4.37. The van der Waals surface area contributed by atoms with E-state index >= 15 is 0 Å². The molecule has 0 amide bonds. The molecule has 1 aliphatic heterocycles. The SMILES string of the molecule is COc1ccc(CN2CCC(O)(Cn3ccnn3)C2)c(OC(C)C)c1. The molecule has 136 valence electrons. The Morgan fingerprint density at radius 1 is 1.36 bits per heavy atom. The molecule has 1 aromatic carbocycles. The first kappa shape index (κ1) is 17.7. The lowest BCUT2D eigenvalue weighted by molar-refractivity contribution is 0.0273. The highest BCUT2D eigenvalue weighted by molar-refractivity contribution is 5.41. The topological polar surface area (TPSA) is 72.6 Å². The summed E-state index contributed by atoms with van der Waals surface area (Å²) in [4.78, 5) is 2.24. The number of β-amino-alcohol motifs (C(OH)–C–C–N with tert-alkyl or cyclic N) is 1. The first-order chi connectivity index (χ1) is 12.0. The molecule has 7 heteroatoms. The summed E-state index contributed by atoms with van der Waals surface area (Å²) in [5, 5.41) is 18.6. The van der Waals surface area contributed by atoms with Crippen LogP contribution >= 0.6 is 0 Å². The minimum absolute atomic E-state index is 0.0914. The summed E-state index contributed by atoms with van der Waals surface area (Å²) in [6.07, 6.45) is 4.21. The maximum Gasteiger partial charge on any atom is 0.127 e. The lowest BCUT2D eigenvalue weighted by Gasteiger charge is -2.24. The molecule has 7 nitrogen and oxygen atoms in total. The van der Waals surface area contributed by atoms with E-state index in [0.717, 1.165) is 30.2 Å². The average Bonchev–Trinajstić information content (AvgIpc) is 3.19. The van der Waals surface area contributed by atoms with Crippen LogP contribution in [-0.4, -0.2) is 56.9 Å². The zero-order chi connectivity index (χ0) is 17.9. The molecule has 1 N–H and O–H groups in total. The summed E-state index contributed by atoms with van der Waals surface area (Å²) in [5.74, 6) is 1.62. The van der Waals surface area contributed by atoms with E-state index in [0.29, 0.717) is 19.5 Å². The molecule has 1 aromatic heterocycles. The predicted molar refractivity (Wildman–Crippen MR) is 93.6 cm³/mol. The van der Waals surface area contributed by atoms with Gasteiger partial charge in [0, 0.05) is 37.5 Å². The van der Waals surface area contributed by atoms with Gasteiger partial charge in [0.15, 0.2) is 0 Å². The summed E-state index contributed by atoms with van der Waals surface area (Å²) in [5.41, 5.74) is 0.318. The number of methoxy groups -OCH3 is 1. The number of rotatable bonds is 7. The molecule has 3 rings (SSSR count). The fourth-order valence-corrected chi connectivity index (χ4v) is 3.22. The van der Waals surface area contributed by atoms with Gasteiger partial charge in [-0.05, 0) is 26.3 Å². The van der Waals surface area contributed by atoms with Crippen LogP contribution in [0.5, 0.6) is 11.5 Å². The van der Waals surface area contributed by atoms with E-state index in [-0.39, 0.29) is 6.10 Å². The summed E-state index contributed by atoms with van der Waals surface area (Å²) < 4.78 is 12.9. The molecule has 0 spiro atoms. The van der Waals surface area contributed by atoms with Gasteiger partial charge in [-0.15, -0.1) is 5.10 Å². The van der Waals surface area contributed by atoms with E-state index in [1.807, 2.05) is 32.0 Å². The largest absolute Gasteiger partial charge is 0.497 e. The third kappa shape index (κ3) is 4.49. The monoisotopic (exact) mass is 346 g/mol. The van der Waals surface area contributed by atoms with E-state index in [4.69, 9.17) is 9.47 Å². The number of likely N-dealkylation sites (tertiary alicyclic amines) is 1. The van der Waals surface area contributed by atoms with Crippen LogP contribution in [0.3, 0.4) is 0 Å². The van der Waals surface area contributed by atoms with Crippen molar-refractivity contribution in [1.29, 1.82) is 0 Å². The van der Waals surface area contributed by atoms with E-state index in [1.54, 1.807) is 24.2 Å². The molecule has 1 unspecified atom stereocenters. The van der Waals surface area contributed by atoms with Crippen LogP contribution in [0.2, 0.25) is 0 Å². The summed E-state index contributed by atoms with van der Waals surface area (Å²) in [6.45, 7) is 6.64. The van der Waals surface area contributed by atoms with Gasteiger partial charge in [0.1, 0.15) is 11.5 Å². The van der Waals surface area contributed by atoms with Crippen molar-refractivity contribution >= 4 is 0 Å². The molecule has 0 aliphatic carbocycles. The second-order valence-electron chi connectivity index (χ2n) is 6.93. The molecule has 0 saturated carbocycles. The van der Waals surface area contributed by atoms with E-state index in [1.165, 1.54) is 0 Å². The minimum atomic E-state index is -0.779. The molecule has 1 saturated heterocycles. The van der Waals surface area contributed by atoms with Gasteiger partial charge < -0.3 is 14.6 Å². The van der Waals surface area contributed by atoms with Crippen LogP contribution in [0.4, 0.5) is 0 Å². The number of aliphatic hydroxyl groups is 1. The Labute approximate surface area is 148 Å². The van der Waals surface area contributed by atoms with Crippen molar-refractivity contribution in [1.82, 2.24) is 19.9 Å². The van der Waals surface area contributed by atoms with Crippen LogP contribution in [0.25, 0.3) is 0 Å². The second kappa shape index (κ2) is 7.41. The summed E-state index contributed by atoms with van der Waals surface area (Å²) in [7, 11) is 1.65. The summed E-state index contributed by atoms with van der Waals surface area (Å²) >= 11 is 0.